The van der Waals surface area contributed by atoms with Gasteiger partial charge in [-0.25, -0.2) is 4.98 Å². The van der Waals surface area contributed by atoms with Crippen molar-refractivity contribution in [2.45, 2.75) is 13.3 Å². The second kappa shape index (κ2) is 6.69. The van der Waals surface area contributed by atoms with E-state index in [-0.39, 0.29) is 5.91 Å². The van der Waals surface area contributed by atoms with Gasteiger partial charge < -0.3 is 15.5 Å². The van der Waals surface area contributed by atoms with E-state index in [1.54, 1.807) is 18.3 Å². The van der Waals surface area contributed by atoms with Crippen molar-refractivity contribution in [2.24, 2.45) is 0 Å². The first-order valence-electron chi connectivity index (χ1n) is 7.96. The Kier molecular flexibility index (Phi) is 4.46. The molecule has 5 heteroatoms. The van der Waals surface area contributed by atoms with Crippen LogP contribution in [0, 0.1) is 6.92 Å². The molecule has 1 aliphatic rings. The number of anilines is 2. The first-order valence-corrected chi connectivity index (χ1v) is 7.96. The number of amides is 1. The largest absolute Gasteiger partial charge is 0.384 e. The molecule has 23 heavy (non-hydrogen) atoms. The lowest BCUT2D eigenvalue weighted by molar-refractivity contribution is 0.0766. The monoisotopic (exact) mass is 310 g/mol. The van der Waals surface area contributed by atoms with Crippen molar-refractivity contribution < 1.29 is 4.79 Å². The Balaban J connectivity index is 1.70. The molecule has 0 spiro atoms. The first-order chi connectivity index (χ1) is 11.1. The van der Waals surface area contributed by atoms with Gasteiger partial charge >= 0.3 is 0 Å². The number of hydrogen-bond donors (Lipinski definition) is 1. The molecule has 0 radical (unpaired) electrons. The molecule has 1 aromatic heterocycles. The van der Waals surface area contributed by atoms with Crippen molar-refractivity contribution in [2.75, 3.05) is 36.8 Å². The Morgan fingerprint density at radius 3 is 2.65 bits per heavy atom. The highest BCUT2D eigenvalue weighted by Crippen LogP contribution is 2.21. The van der Waals surface area contributed by atoms with Gasteiger partial charge in [0.15, 0.2) is 0 Å². The number of nitrogen functional groups attached to an aromatic ring is 1. The maximum absolute atomic E-state index is 12.6. The molecule has 2 aromatic rings. The van der Waals surface area contributed by atoms with Gasteiger partial charge in [0.05, 0.1) is 5.56 Å². The number of nitrogens with zero attached hydrogens (tertiary/aromatic N) is 3. The van der Waals surface area contributed by atoms with Crippen LogP contribution in [-0.2, 0) is 0 Å². The summed E-state index contributed by atoms with van der Waals surface area (Å²) in [5.74, 6) is 0.465. The van der Waals surface area contributed by atoms with Gasteiger partial charge in [-0.2, -0.15) is 0 Å². The maximum Gasteiger partial charge on any atom is 0.255 e. The standard InChI is InChI=1S/C18H22N4O/c1-14-5-2-3-6-16(14)21-9-4-10-22(12-11-21)18(23)15-7-8-17(19)20-13-15/h2-3,5-8,13H,4,9-12H2,1H3,(H2,19,20). The van der Waals surface area contributed by atoms with Crippen LogP contribution in [0.5, 0.6) is 0 Å². The number of para-hydroxylation sites is 1. The molecule has 0 atom stereocenters. The first kappa shape index (κ1) is 15.3. The van der Waals surface area contributed by atoms with Gasteiger partial charge in [-0.3, -0.25) is 4.79 Å². The molecular formula is C18H22N4O. The number of carbonyl (C=O) groups is 1. The smallest absolute Gasteiger partial charge is 0.255 e. The minimum atomic E-state index is 0.0316. The zero-order valence-electron chi connectivity index (χ0n) is 13.4. The number of pyridine rings is 1. The van der Waals surface area contributed by atoms with E-state index in [1.807, 2.05) is 4.90 Å². The molecular weight excluding hydrogens is 288 g/mol. The molecule has 1 aromatic carbocycles. The zero-order valence-corrected chi connectivity index (χ0v) is 13.4. The summed E-state index contributed by atoms with van der Waals surface area (Å²) in [5, 5.41) is 0. The molecule has 3 rings (SSSR count). The summed E-state index contributed by atoms with van der Waals surface area (Å²) >= 11 is 0. The van der Waals surface area contributed by atoms with Crippen LogP contribution in [0.4, 0.5) is 11.5 Å². The van der Waals surface area contributed by atoms with Crippen LogP contribution in [0.1, 0.15) is 22.3 Å². The third-order valence-electron chi connectivity index (χ3n) is 4.27. The molecule has 0 bridgehead atoms. The van der Waals surface area contributed by atoms with E-state index in [0.29, 0.717) is 11.4 Å². The minimum Gasteiger partial charge on any atom is -0.384 e. The molecule has 2 N–H and O–H groups in total. The van der Waals surface area contributed by atoms with Gasteiger partial charge in [0.1, 0.15) is 5.82 Å². The van der Waals surface area contributed by atoms with Crippen LogP contribution in [0.25, 0.3) is 0 Å². The highest BCUT2D eigenvalue weighted by Gasteiger charge is 2.21. The fourth-order valence-electron chi connectivity index (χ4n) is 2.99. The SMILES string of the molecule is Cc1ccccc1N1CCCN(C(=O)c2ccc(N)nc2)CC1. The third-order valence-corrected chi connectivity index (χ3v) is 4.27. The predicted octanol–water partition coefficient (Wildman–Crippen LogP) is 2.32. The van der Waals surface area contributed by atoms with Crippen LogP contribution in [0.15, 0.2) is 42.6 Å². The summed E-state index contributed by atoms with van der Waals surface area (Å²) in [4.78, 5) is 20.9. The molecule has 2 heterocycles. The number of hydrogen-bond acceptors (Lipinski definition) is 4. The second-order valence-electron chi connectivity index (χ2n) is 5.89. The fraction of sp³-hybridized carbons (Fsp3) is 0.333. The molecule has 1 aliphatic heterocycles. The van der Waals surface area contributed by atoms with Crippen molar-refractivity contribution in [3.63, 3.8) is 0 Å². The average Bonchev–Trinajstić information content (AvgIpc) is 2.81. The van der Waals surface area contributed by atoms with E-state index < -0.39 is 0 Å². The van der Waals surface area contributed by atoms with Crippen LogP contribution < -0.4 is 10.6 Å². The van der Waals surface area contributed by atoms with Crippen LogP contribution in [0.2, 0.25) is 0 Å². The number of aromatic nitrogens is 1. The molecule has 1 fully saturated rings. The number of nitrogens with two attached hydrogens (primary N) is 1. The second-order valence-corrected chi connectivity index (χ2v) is 5.89. The normalized spacial score (nSPS) is 15.3. The summed E-state index contributed by atoms with van der Waals surface area (Å²) in [6, 6.07) is 11.8. The topological polar surface area (TPSA) is 62.5 Å². The van der Waals surface area contributed by atoms with Crippen molar-refractivity contribution in [1.82, 2.24) is 9.88 Å². The zero-order chi connectivity index (χ0) is 16.2. The molecule has 0 saturated carbocycles. The Hall–Kier alpha value is -2.56. The van der Waals surface area contributed by atoms with Gasteiger partial charge in [-0.1, -0.05) is 18.2 Å². The number of rotatable bonds is 2. The maximum atomic E-state index is 12.6. The van der Waals surface area contributed by atoms with Gasteiger partial charge in [-0.15, -0.1) is 0 Å². The molecule has 120 valence electrons. The van der Waals surface area contributed by atoms with Gasteiger partial charge in [0.25, 0.3) is 5.91 Å². The van der Waals surface area contributed by atoms with E-state index in [1.165, 1.54) is 11.3 Å². The molecule has 0 aliphatic carbocycles. The van der Waals surface area contributed by atoms with E-state index in [9.17, 15) is 4.79 Å². The molecule has 5 nitrogen and oxygen atoms in total. The highest BCUT2D eigenvalue weighted by molar-refractivity contribution is 5.94. The number of aryl methyl sites for hydroxylation is 1. The quantitative estimate of drug-likeness (QED) is 0.924. The fourth-order valence-corrected chi connectivity index (χ4v) is 2.99. The number of carbonyl (C=O) groups excluding carboxylic acids is 1. The van der Waals surface area contributed by atoms with Gasteiger partial charge in [-0.05, 0) is 37.1 Å². The van der Waals surface area contributed by atoms with Crippen LogP contribution in [-0.4, -0.2) is 42.0 Å². The van der Waals surface area contributed by atoms with Crippen LogP contribution >= 0.6 is 0 Å². The minimum absolute atomic E-state index is 0.0316. The Morgan fingerprint density at radius 2 is 1.91 bits per heavy atom. The lowest BCUT2D eigenvalue weighted by atomic mass is 10.2. The van der Waals surface area contributed by atoms with E-state index in [0.717, 1.165) is 32.6 Å². The van der Waals surface area contributed by atoms with Crippen LogP contribution in [0.3, 0.4) is 0 Å². The van der Waals surface area contributed by atoms with Gasteiger partial charge in [0, 0.05) is 38.1 Å². The van der Waals surface area contributed by atoms with Gasteiger partial charge in [0.2, 0.25) is 0 Å². The number of benzene rings is 1. The average molecular weight is 310 g/mol. The van der Waals surface area contributed by atoms with Crippen molar-refractivity contribution >= 4 is 17.4 Å². The van der Waals surface area contributed by atoms with Crippen molar-refractivity contribution in [1.29, 1.82) is 0 Å². The summed E-state index contributed by atoms with van der Waals surface area (Å²) in [7, 11) is 0. The third kappa shape index (κ3) is 3.44. The summed E-state index contributed by atoms with van der Waals surface area (Å²) in [5.41, 5.74) is 8.72. The molecule has 1 amide bonds. The van der Waals surface area contributed by atoms with Crippen molar-refractivity contribution in [3.05, 3.63) is 53.7 Å². The lowest BCUT2D eigenvalue weighted by Gasteiger charge is -2.25. The van der Waals surface area contributed by atoms with Crippen molar-refractivity contribution in [3.8, 4) is 0 Å². The Bertz CT molecular complexity index is 684. The summed E-state index contributed by atoms with van der Waals surface area (Å²) in [6.07, 6.45) is 2.52. The Labute approximate surface area is 136 Å². The van der Waals surface area contributed by atoms with E-state index in [4.69, 9.17) is 5.73 Å². The Morgan fingerprint density at radius 1 is 1.09 bits per heavy atom. The molecule has 0 unspecified atom stereocenters. The molecule has 1 saturated heterocycles. The van der Waals surface area contributed by atoms with E-state index >= 15 is 0 Å². The van der Waals surface area contributed by atoms with E-state index in [2.05, 4.69) is 41.1 Å². The predicted molar refractivity (Wildman–Crippen MR) is 92.6 cm³/mol. The lowest BCUT2D eigenvalue weighted by Crippen LogP contribution is -2.35. The highest BCUT2D eigenvalue weighted by atomic mass is 16.2. The summed E-state index contributed by atoms with van der Waals surface area (Å²) in [6.45, 7) is 5.43. The summed E-state index contributed by atoms with van der Waals surface area (Å²) < 4.78 is 0.